The van der Waals surface area contributed by atoms with E-state index >= 15 is 0 Å². The number of aryl methyl sites for hydroxylation is 1. The zero-order chi connectivity index (χ0) is 19.0. The van der Waals surface area contributed by atoms with Gasteiger partial charge in [0, 0.05) is 26.3 Å². The van der Waals surface area contributed by atoms with Crippen LogP contribution < -0.4 is 10.2 Å². The number of anilines is 2. The summed E-state index contributed by atoms with van der Waals surface area (Å²) in [5, 5.41) is 23.6. The number of nitrogens with zero attached hydrogens (tertiary/aromatic N) is 5. The van der Waals surface area contributed by atoms with Crippen molar-refractivity contribution >= 4 is 34.3 Å². The first-order valence-corrected chi connectivity index (χ1v) is 8.63. The van der Waals surface area contributed by atoms with Gasteiger partial charge in [0.25, 0.3) is 5.91 Å². The molecule has 0 aliphatic carbocycles. The molecule has 1 fully saturated rings. The molecule has 3 aromatic rings. The highest BCUT2D eigenvalue weighted by molar-refractivity contribution is 6.12. The van der Waals surface area contributed by atoms with Crippen LogP contribution in [-0.4, -0.2) is 50.2 Å². The van der Waals surface area contributed by atoms with Crippen molar-refractivity contribution in [3.63, 3.8) is 0 Å². The van der Waals surface area contributed by atoms with Gasteiger partial charge in [0.05, 0.1) is 16.9 Å². The number of carbonyl (C=O) groups excluding carboxylic acids is 1. The van der Waals surface area contributed by atoms with E-state index in [4.69, 9.17) is 4.63 Å². The third-order valence-corrected chi connectivity index (χ3v) is 4.62. The van der Waals surface area contributed by atoms with Gasteiger partial charge in [-0.05, 0) is 41.7 Å². The first-order valence-electron chi connectivity index (χ1n) is 8.63. The van der Waals surface area contributed by atoms with Crippen LogP contribution in [0.4, 0.5) is 11.4 Å². The van der Waals surface area contributed by atoms with Gasteiger partial charge in [0.2, 0.25) is 0 Å². The second kappa shape index (κ2) is 6.71. The number of rotatable bonds is 4. The van der Waals surface area contributed by atoms with E-state index in [1.54, 1.807) is 13.1 Å². The minimum atomic E-state index is -1.27. The standard InChI is InChI=1S/C17H18N6O4/c1-22-9-10(13(19-22)17(25)26)16(24)18-11-5-6-12(15-14(11)20-27-21-15)23-7-3-2-4-8-23/h5-6,9H,2-4,7-8H2,1H3,(H,18,24)(H,25,26). The Morgan fingerprint density at radius 1 is 1.15 bits per heavy atom. The van der Waals surface area contributed by atoms with Gasteiger partial charge in [0.1, 0.15) is 0 Å². The highest BCUT2D eigenvalue weighted by Gasteiger charge is 2.23. The molecular formula is C17H18N6O4. The molecule has 0 unspecified atom stereocenters. The van der Waals surface area contributed by atoms with Crippen LogP contribution in [0.2, 0.25) is 0 Å². The molecule has 27 heavy (non-hydrogen) atoms. The molecule has 10 heteroatoms. The van der Waals surface area contributed by atoms with Crippen LogP contribution in [0.15, 0.2) is 23.0 Å². The molecule has 4 rings (SSSR count). The van der Waals surface area contributed by atoms with Crippen LogP contribution in [0.3, 0.4) is 0 Å². The molecular weight excluding hydrogens is 352 g/mol. The van der Waals surface area contributed by atoms with E-state index in [2.05, 4.69) is 25.6 Å². The maximum Gasteiger partial charge on any atom is 0.357 e. The minimum absolute atomic E-state index is 0.0327. The molecule has 0 atom stereocenters. The van der Waals surface area contributed by atoms with Crippen molar-refractivity contribution in [1.29, 1.82) is 0 Å². The van der Waals surface area contributed by atoms with Gasteiger partial charge < -0.3 is 15.3 Å². The largest absolute Gasteiger partial charge is 0.476 e. The maximum absolute atomic E-state index is 12.6. The fraction of sp³-hybridized carbons (Fsp3) is 0.353. The van der Waals surface area contributed by atoms with Crippen LogP contribution in [0.1, 0.15) is 40.1 Å². The van der Waals surface area contributed by atoms with Gasteiger partial charge in [-0.2, -0.15) is 5.10 Å². The van der Waals surface area contributed by atoms with E-state index < -0.39 is 11.9 Å². The highest BCUT2D eigenvalue weighted by atomic mass is 16.6. The van der Waals surface area contributed by atoms with Crippen molar-refractivity contribution in [1.82, 2.24) is 20.1 Å². The Labute approximate surface area is 153 Å². The van der Waals surface area contributed by atoms with Crippen LogP contribution in [0.25, 0.3) is 11.0 Å². The van der Waals surface area contributed by atoms with Gasteiger partial charge in [0.15, 0.2) is 16.7 Å². The molecule has 140 valence electrons. The SMILES string of the molecule is Cn1cc(C(=O)Nc2ccc(N3CCCCC3)c3nonc23)c(C(=O)O)n1. The zero-order valence-corrected chi connectivity index (χ0v) is 14.7. The molecule has 2 aromatic heterocycles. The van der Waals surface area contributed by atoms with Gasteiger partial charge in [-0.1, -0.05) is 0 Å². The number of piperidine rings is 1. The summed E-state index contributed by atoms with van der Waals surface area (Å²) >= 11 is 0. The van der Waals surface area contributed by atoms with E-state index in [9.17, 15) is 14.7 Å². The molecule has 1 amide bonds. The van der Waals surface area contributed by atoms with E-state index in [1.165, 1.54) is 17.3 Å². The number of carboxylic acid groups (broad SMARTS) is 1. The van der Waals surface area contributed by atoms with Crippen LogP contribution >= 0.6 is 0 Å². The van der Waals surface area contributed by atoms with Crippen molar-refractivity contribution in [2.45, 2.75) is 19.3 Å². The summed E-state index contributed by atoms with van der Waals surface area (Å²) in [6.45, 7) is 1.87. The summed E-state index contributed by atoms with van der Waals surface area (Å²) in [4.78, 5) is 26.1. The number of carbonyl (C=O) groups is 2. The third kappa shape index (κ3) is 3.09. The number of carboxylic acids is 1. The van der Waals surface area contributed by atoms with E-state index in [1.807, 2.05) is 6.07 Å². The number of aromatic nitrogens is 4. The van der Waals surface area contributed by atoms with E-state index in [0.717, 1.165) is 31.6 Å². The number of amides is 1. The summed E-state index contributed by atoms with van der Waals surface area (Å²) in [7, 11) is 1.55. The number of fused-ring (bicyclic) bond motifs is 1. The molecule has 0 saturated carbocycles. The Balaban J connectivity index is 1.66. The lowest BCUT2D eigenvalue weighted by Crippen LogP contribution is -2.29. The molecule has 1 aromatic carbocycles. The molecule has 10 nitrogen and oxygen atoms in total. The lowest BCUT2D eigenvalue weighted by Gasteiger charge is -2.28. The first-order chi connectivity index (χ1) is 13.0. The predicted molar refractivity (Wildman–Crippen MR) is 96.0 cm³/mol. The summed E-state index contributed by atoms with van der Waals surface area (Å²) in [6.07, 6.45) is 4.80. The maximum atomic E-state index is 12.6. The Kier molecular flexibility index (Phi) is 4.22. The van der Waals surface area contributed by atoms with Gasteiger partial charge in [-0.3, -0.25) is 9.48 Å². The normalized spacial score (nSPS) is 14.5. The van der Waals surface area contributed by atoms with E-state index in [-0.39, 0.29) is 11.3 Å². The molecule has 0 spiro atoms. The number of hydrogen-bond donors (Lipinski definition) is 2. The molecule has 0 bridgehead atoms. The highest BCUT2D eigenvalue weighted by Crippen LogP contribution is 2.31. The van der Waals surface area contributed by atoms with Gasteiger partial charge in [-0.25, -0.2) is 9.42 Å². The molecule has 1 aliphatic rings. The van der Waals surface area contributed by atoms with Crippen LogP contribution in [0.5, 0.6) is 0 Å². The van der Waals surface area contributed by atoms with Crippen LogP contribution in [0, 0.1) is 0 Å². The molecule has 1 saturated heterocycles. The van der Waals surface area contributed by atoms with E-state index in [0.29, 0.717) is 16.7 Å². The first kappa shape index (κ1) is 17.0. The molecule has 0 radical (unpaired) electrons. The molecule has 3 heterocycles. The van der Waals surface area contributed by atoms with Crippen molar-refractivity contribution in [2.75, 3.05) is 23.3 Å². The number of aromatic carboxylic acids is 1. The Hall–Kier alpha value is -3.43. The number of hydrogen-bond acceptors (Lipinski definition) is 7. The average molecular weight is 370 g/mol. The summed E-state index contributed by atoms with van der Waals surface area (Å²) in [5.74, 6) is -1.86. The number of benzene rings is 1. The van der Waals surface area contributed by atoms with Crippen molar-refractivity contribution < 1.29 is 19.3 Å². The second-order valence-electron chi connectivity index (χ2n) is 6.47. The Bertz CT molecular complexity index is 1020. The average Bonchev–Trinajstić information content (AvgIpc) is 3.30. The quantitative estimate of drug-likeness (QED) is 0.713. The fourth-order valence-electron chi connectivity index (χ4n) is 3.35. The second-order valence-corrected chi connectivity index (χ2v) is 6.47. The molecule has 2 N–H and O–H groups in total. The monoisotopic (exact) mass is 370 g/mol. The number of nitrogens with one attached hydrogen (secondary N) is 1. The zero-order valence-electron chi connectivity index (χ0n) is 14.7. The fourth-order valence-corrected chi connectivity index (χ4v) is 3.35. The Morgan fingerprint density at radius 2 is 1.89 bits per heavy atom. The smallest absolute Gasteiger partial charge is 0.357 e. The minimum Gasteiger partial charge on any atom is -0.476 e. The van der Waals surface area contributed by atoms with Gasteiger partial charge >= 0.3 is 5.97 Å². The van der Waals surface area contributed by atoms with Crippen molar-refractivity contribution in [3.05, 3.63) is 29.6 Å². The summed E-state index contributed by atoms with van der Waals surface area (Å²) < 4.78 is 6.18. The van der Waals surface area contributed by atoms with Crippen molar-refractivity contribution in [3.8, 4) is 0 Å². The third-order valence-electron chi connectivity index (χ3n) is 4.62. The lowest BCUT2D eigenvalue weighted by molar-refractivity contribution is 0.0685. The summed E-state index contributed by atoms with van der Waals surface area (Å²) in [6, 6.07) is 3.60. The van der Waals surface area contributed by atoms with Crippen molar-refractivity contribution in [2.24, 2.45) is 7.05 Å². The predicted octanol–water partition coefficient (Wildman–Crippen LogP) is 1.90. The summed E-state index contributed by atoms with van der Waals surface area (Å²) in [5.41, 5.74) is 1.96. The molecule has 1 aliphatic heterocycles. The van der Waals surface area contributed by atoms with Crippen LogP contribution in [-0.2, 0) is 7.05 Å². The van der Waals surface area contributed by atoms with Gasteiger partial charge in [-0.15, -0.1) is 0 Å². The lowest BCUT2D eigenvalue weighted by atomic mass is 10.1. The topological polar surface area (TPSA) is 126 Å². The Morgan fingerprint density at radius 3 is 2.63 bits per heavy atom.